The molecule has 2 nitrogen and oxygen atoms in total. The molecule has 1 rings (SSSR count). The molecule has 0 bridgehead atoms. The number of hydrogen-bond acceptors (Lipinski definition) is 3. The second-order valence-electron chi connectivity index (χ2n) is 3.19. The molecule has 0 radical (unpaired) electrons. The first-order valence-corrected chi connectivity index (χ1v) is 5.56. The van der Waals surface area contributed by atoms with Crippen molar-refractivity contribution in [2.45, 2.75) is 25.3 Å². The van der Waals surface area contributed by atoms with Crippen molar-refractivity contribution in [2.24, 2.45) is 5.92 Å². The fraction of sp³-hybridized carbons (Fsp3) is 0.875. The van der Waals surface area contributed by atoms with Gasteiger partial charge in [0, 0.05) is 17.7 Å². The van der Waals surface area contributed by atoms with Gasteiger partial charge < -0.3 is 5.32 Å². The number of amides is 1. The predicted octanol–water partition coefficient (Wildman–Crippen LogP) is 1.13. The van der Waals surface area contributed by atoms with E-state index in [1.165, 1.54) is 0 Å². The van der Waals surface area contributed by atoms with E-state index < -0.39 is 0 Å². The van der Waals surface area contributed by atoms with Crippen LogP contribution in [-0.4, -0.2) is 23.5 Å². The van der Waals surface area contributed by atoms with Crippen LogP contribution in [0, 0.1) is 5.92 Å². The Morgan fingerprint density at radius 3 is 2.75 bits per heavy atom. The quantitative estimate of drug-likeness (QED) is 0.590. The van der Waals surface area contributed by atoms with Crippen molar-refractivity contribution in [3.63, 3.8) is 0 Å². The molecule has 0 aromatic heterocycles. The Morgan fingerprint density at radius 1 is 1.50 bits per heavy atom. The van der Waals surface area contributed by atoms with Crippen molar-refractivity contribution in [2.75, 3.05) is 11.5 Å². The summed E-state index contributed by atoms with van der Waals surface area (Å²) in [6.07, 6.45) is 3.09. The van der Waals surface area contributed by atoms with Gasteiger partial charge in [-0.15, -0.1) is 0 Å². The van der Waals surface area contributed by atoms with Gasteiger partial charge in [-0.25, -0.2) is 0 Å². The normalized spacial score (nSPS) is 29.0. The highest BCUT2D eigenvalue weighted by atomic mass is 32.1. The number of nitrogens with one attached hydrogen (secondary N) is 1. The molecule has 1 N–H and O–H groups in total. The Bertz CT molecular complexity index is 163. The van der Waals surface area contributed by atoms with E-state index in [4.69, 9.17) is 0 Å². The van der Waals surface area contributed by atoms with E-state index in [0.29, 0.717) is 11.8 Å². The van der Waals surface area contributed by atoms with Gasteiger partial charge in [0.05, 0.1) is 0 Å². The van der Waals surface area contributed by atoms with Crippen molar-refractivity contribution >= 4 is 31.2 Å². The van der Waals surface area contributed by atoms with E-state index >= 15 is 0 Å². The molecule has 2 unspecified atom stereocenters. The highest BCUT2D eigenvalue weighted by Crippen LogP contribution is 2.19. The number of rotatable bonds is 4. The van der Waals surface area contributed by atoms with Crippen LogP contribution in [0.5, 0.6) is 0 Å². The molecule has 70 valence electrons. The minimum Gasteiger partial charge on any atom is -0.353 e. The Labute approximate surface area is 84.3 Å². The Morgan fingerprint density at radius 2 is 2.25 bits per heavy atom. The molecule has 1 aliphatic rings. The fourth-order valence-electron chi connectivity index (χ4n) is 1.51. The molecule has 1 amide bonds. The predicted molar refractivity (Wildman–Crippen MR) is 57.0 cm³/mol. The summed E-state index contributed by atoms with van der Waals surface area (Å²) < 4.78 is 0. The average Bonchev–Trinajstić information content (AvgIpc) is 2.43. The minimum atomic E-state index is 0.137. The first-order chi connectivity index (χ1) is 5.77. The van der Waals surface area contributed by atoms with Crippen LogP contribution in [0.1, 0.15) is 19.3 Å². The highest BCUT2D eigenvalue weighted by molar-refractivity contribution is 7.80. The van der Waals surface area contributed by atoms with Crippen molar-refractivity contribution in [1.82, 2.24) is 5.32 Å². The maximum absolute atomic E-state index is 11.2. The number of hydrogen-bond donors (Lipinski definition) is 3. The maximum atomic E-state index is 11.2. The molecule has 1 fully saturated rings. The molecule has 0 aromatic carbocycles. The molecule has 1 heterocycles. The largest absolute Gasteiger partial charge is 0.353 e. The minimum absolute atomic E-state index is 0.137. The van der Waals surface area contributed by atoms with Crippen LogP contribution in [0.25, 0.3) is 0 Å². The van der Waals surface area contributed by atoms with E-state index in [9.17, 15) is 4.79 Å². The zero-order chi connectivity index (χ0) is 8.97. The molecule has 12 heavy (non-hydrogen) atoms. The molecular weight excluding hydrogens is 190 g/mol. The topological polar surface area (TPSA) is 29.1 Å². The summed E-state index contributed by atoms with van der Waals surface area (Å²) >= 11 is 8.26. The number of carbonyl (C=O) groups is 1. The third-order valence-electron chi connectivity index (χ3n) is 2.22. The van der Waals surface area contributed by atoms with E-state index in [-0.39, 0.29) is 11.8 Å². The van der Waals surface area contributed by atoms with Crippen molar-refractivity contribution in [3.05, 3.63) is 0 Å². The van der Waals surface area contributed by atoms with E-state index in [1.807, 2.05) is 0 Å². The van der Waals surface area contributed by atoms with Gasteiger partial charge in [-0.3, -0.25) is 4.79 Å². The zero-order valence-corrected chi connectivity index (χ0v) is 8.78. The Hall–Kier alpha value is 0.170. The summed E-state index contributed by atoms with van der Waals surface area (Å²) in [5, 5.41) is 2.97. The van der Waals surface area contributed by atoms with Crippen molar-refractivity contribution in [3.8, 4) is 0 Å². The number of thiol groups is 2. The first-order valence-electron chi connectivity index (χ1n) is 4.30. The van der Waals surface area contributed by atoms with Crippen LogP contribution in [0.2, 0.25) is 0 Å². The average molecular weight is 205 g/mol. The lowest BCUT2D eigenvalue weighted by molar-refractivity contribution is -0.122. The summed E-state index contributed by atoms with van der Waals surface area (Å²) in [7, 11) is 0. The third-order valence-corrected chi connectivity index (χ3v) is 2.97. The molecule has 1 aliphatic heterocycles. The second kappa shape index (κ2) is 5.02. The van der Waals surface area contributed by atoms with Crippen molar-refractivity contribution < 1.29 is 4.79 Å². The third kappa shape index (κ3) is 2.59. The Kier molecular flexibility index (Phi) is 4.29. The summed E-state index contributed by atoms with van der Waals surface area (Å²) in [4.78, 5) is 11.2. The van der Waals surface area contributed by atoms with Crippen LogP contribution in [0.4, 0.5) is 0 Å². The maximum Gasteiger partial charge on any atom is 0.224 e. The van der Waals surface area contributed by atoms with Gasteiger partial charge in [0.2, 0.25) is 5.91 Å². The number of carbonyl (C=O) groups excluding carboxylic acids is 1. The summed E-state index contributed by atoms with van der Waals surface area (Å²) in [5.74, 6) is 1.88. The van der Waals surface area contributed by atoms with Crippen LogP contribution in [0.15, 0.2) is 0 Å². The monoisotopic (exact) mass is 205 g/mol. The van der Waals surface area contributed by atoms with Gasteiger partial charge in [-0.05, 0) is 25.0 Å². The van der Waals surface area contributed by atoms with Gasteiger partial charge in [0.15, 0.2) is 0 Å². The standard InChI is InChI=1S/C8H15NOS2/c10-8-6(5-12)4-7(9-8)2-1-3-11/h6-7,11-12H,1-5H2,(H,9,10). The molecule has 0 spiro atoms. The van der Waals surface area contributed by atoms with E-state index in [2.05, 4.69) is 30.6 Å². The SMILES string of the molecule is O=C1NC(CCCS)CC1CS. The first kappa shape index (κ1) is 10.3. The van der Waals surface area contributed by atoms with Gasteiger partial charge >= 0.3 is 0 Å². The lowest BCUT2D eigenvalue weighted by atomic mass is 10.0. The summed E-state index contributed by atoms with van der Waals surface area (Å²) in [6, 6.07) is 0.377. The van der Waals surface area contributed by atoms with Crippen molar-refractivity contribution in [1.29, 1.82) is 0 Å². The molecule has 0 aromatic rings. The molecule has 2 atom stereocenters. The van der Waals surface area contributed by atoms with Gasteiger partial charge in [-0.1, -0.05) is 0 Å². The lowest BCUT2D eigenvalue weighted by Gasteiger charge is -2.07. The van der Waals surface area contributed by atoms with Gasteiger partial charge in [-0.2, -0.15) is 25.3 Å². The van der Waals surface area contributed by atoms with Crippen LogP contribution in [-0.2, 0) is 4.79 Å². The van der Waals surface area contributed by atoms with E-state index in [0.717, 1.165) is 25.0 Å². The smallest absolute Gasteiger partial charge is 0.224 e. The molecule has 1 saturated heterocycles. The lowest BCUT2D eigenvalue weighted by Crippen LogP contribution is -2.26. The van der Waals surface area contributed by atoms with Gasteiger partial charge in [0.1, 0.15) is 0 Å². The summed E-state index contributed by atoms with van der Waals surface area (Å²) in [6.45, 7) is 0. The zero-order valence-electron chi connectivity index (χ0n) is 6.99. The van der Waals surface area contributed by atoms with Crippen LogP contribution >= 0.6 is 25.3 Å². The molecule has 0 saturated carbocycles. The second-order valence-corrected chi connectivity index (χ2v) is 4.00. The highest BCUT2D eigenvalue weighted by Gasteiger charge is 2.29. The molecule has 4 heteroatoms. The van der Waals surface area contributed by atoms with Crippen LogP contribution in [0.3, 0.4) is 0 Å². The molecule has 0 aliphatic carbocycles. The van der Waals surface area contributed by atoms with E-state index in [1.54, 1.807) is 0 Å². The molecular formula is C8H15NOS2. The fourth-order valence-corrected chi connectivity index (χ4v) is 2.01. The Balaban J connectivity index is 2.28. The summed E-state index contributed by atoms with van der Waals surface area (Å²) in [5.41, 5.74) is 0. The van der Waals surface area contributed by atoms with Crippen LogP contribution < -0.4 is 5.32 Å². The van der Waals surface area contributed by atoms with Gasteiger partial charge in [0.25, 0.3) is 0 Å².